The van der Waals surface area contributed by atoms with E-state index in [0.29, 0.717) is 5.92 Å². The number of halogens is 1. The summed E-state index contributed by atoms with van der Waals surface area (Å²) in [6.07, 6.45) is 1.13. The molecule has 0 spiro atoms. The van der Waals surface area contributed by atoms with Crippen LogP contribution in [0.5, 0.6) is 0 Å². The van der Waals surface area contributed by atoms with Crippen molar-refractivity contribution in [2.75, 3.05) is 13.1 Å². The lowest BCUT2D eigenvalue weighted by molar-refractivity contribution is 0.402. The van der Waals surface area contributed by atoms with E-state index in [-0.39, 0.29) is 6.04 Å². The minimum Gasteiger partial charge on any atom is -0.326 e. The van der Waals surface area contributed by atoms with Gasteiger partial charge in [-0.15, -0.1) is 0 Å². The maximum absolute atomic E-state index is 6.10. The highest BCUT2D eigenvalue weighted by Gasteiger charge is 2.24. The highest BCUT2D eigenvalue weighted by Crippen LogP contribution is 2.30. The van der Waals surface area contributed by atoms with Gasteiger partial charge in [-0.1, -0.05) is 34.1 Å². The molecule has 0 radical (unpaired) electrons. The van der Waals surface area contributed by atoms with Gasteiger partial charge in [0.2, 0.25) is 0 Å². The van der Waals surface area contributed by atoms with Crippen LogP contribution in [-0.4, -0.2) is 19.1 Å². The largest absolute Gasteiger partial charge is 0.326 e. The van der Waals surface area contributed by atoms with Crippen molar-refractivity contribution >= 4 is 15.9 Å². The second-order valence-electron chi connectivity index (χ2n) is 3.78. The summed E-state index contributed by atoms with van der Waals surface area (Å²) in [6.45, 7) is 1.99. The van der Waals surface area contributed by atoms with Crippen LogP contribution < -0.4 is 11.1 Å². The Kier molecular flexibility index (Phi) is 3.21. The van der Waals surface area contributed by atoms with Crippen LogP contribution in [0.2, 0.25) is 0 Å². The molecule has 2 atom stereocenters. The Bertz CT molecular complexity index is 314. The average molecular weight is 255 g/mol. The zero-order valence-corrected chi connectivity index (χ0v) is 9.63. The number of hydrogen-bond donors (Lipinski definition) is 2. The van der Waals surface area contributed by atoms with Gasteiger partial charge in [-0.25, -0.2) is 0 Å². The van der Waals surface area contributed by atoms with Gasteiger partial charge in [0.15, 0.2) is 0 Å². The highest BCUT2D eigenvalue weighted by molar-refractivity contribution is 9.10. The van der Waals surface area contributed by atoms with Gasteiger partial charge in [0, 0.05) is 23.0 Å². The maximum Gasteiger partial charge on any atom is 0.0235 e. The van der Waals surface area contributed by atoms with E-state index in [4.69, 9.17) is 5.73 Å². The van der Waals surface area contributed by atoms with Gasteiger partial charge in [-0.3, -0.25) is 0 Å². The molecule has 1 fully saturated rings. The highest BCUT2D eigenvalue weighted by atomic mass is 79.9. The zero-order valence-electron chi connectivity index (χ0n) is 8.04. The molecule has 76 valence electrons. The van der Waals surface area contributed by atoms with Gasteiger partial charge in [0.1, 0.15) is 0 Å². The molecule has 1 aromatic rings. The SMILES string of the molecule is NC1CNCCC1c1ccccc1Br. The summed E-state index contributed by atoms with van der Waals surface area (Å²) in [4.78, 5) is 0. The fourth-order valence-corrected chi connectivity index (χ4v) is 2.62. The first-order valence-corrected chi connectivity index (χ1v) is 5.79. The topological polar surface area (TPSA) is 38.0 Å². The number of piperidine rings is 1. The lowest BCUT2D eigenvalue weighted by Gasteiger charge is -2.30. The Morgan fingerprint density at radius 2 is 2.14 bits per heavy atom. The molecule has 0 aliphatic carbocycles. The second-order valence-corrected chi connectivity index (χ2v) is 4.64. The number of hydrogen-bond acceptors (Lipinski definition) is 2. The Hall–Kier alpha value is -0.380. The van der Waals surface area contributed by atoms with Crippen LogP contribution in [0.15, 0.2) is 28.7 Å². The van der Waals surface area contributed by atoms with Crippen molar-refractivity contribution < 1.29 is 0 Å². The molecule has 0 bridgehead atoms. The Morgan fingerprint density at radius 1 is 1.36 bits per heavy atom. The number of rotatable bonds is 1. The minimum atomic E-state index is 0.238. The molecule has 2 unspecified atom stereocenters. The van der Waals surface area contributed by atoms with Crippen molar-refractivity contribution in [3.05, 3.63) is 34.3 Å². The van der Waals surface area contributed by atoms with Crippen molar-refractivity contribution in [3.63, 3.8) is 0 Å². The van der Waals surface area contributed by atoms with Gasteiger partial charge >= 0.3 is 0 Å². The van der Waals surface area contributed by atoms with Crippen molar-refractivity contribution in [1.29, 1.82) is 0 Å². The minimum absolute atomic E-state index is 0.238. The molecule has 0 amide bonds. The van der Waals surface area contributed by atoms with Crippen LogP contribution in [0.1, 0.15) is 17.9 Å². The number of nitrogens with one attached hydrogen (secondary N) is 1. The van der Waals surface area contributed by atoms with Gasteiger partial charge < -0.3 is 11.1 Å². The van der Waals surface area contributed by atoms with Crippen LogP contribution >= 0.6 is 15.9 Å². The summed E-state index contributed by atoms with van der Waals surface area (Å²) in [5.74, 6) is 0.492. The Balaban J connectivity index is 2.25. The van der Waals surface area contributed by atoms with Gasteiger partial charge in [-0.05, 0) is 24.6 Å². The third kappa shape index (κ3) is 2.00. The average Bonchev–Trinajstić information content (AvgIpc) is 2.20. The summed E-state index contributed by atoms with van der Waals surface area (Å²) in [7, 11) is 0. The molecule has 1 aromatic carbocycles. The summed E-state index contributed by atoms with van der Waals surface area (Å²) < 4.78 is 1.18. The van der Waals surface area contributed by atoms with Crippen LogP contribution in [-0.2, 0) is 0 Å². The second kappa shape index (κ2) is 4.43. The van der Waals surface area contributed by atoms with Crippen LogP contribution in [0, 0.1) is 0 Å². The molecule has 0 saturated carbocycles. The van der Waals surface area contributed by atoms with Crippen molar-refractivity contribution in [1.82, 2.24) is 5.32 Å². The maximum atomic E-state index is 6.10. The summed E-state index contributed by atoms with van der Waals surface area (Å²) in [5, 5.41) is 3.31. The molecular formula is C11H15BrN2. The first-order chi connectivity index (χ1) is 6.79. The molecular weight excluding hydrogens is 240 g/mol. The summed E-state index contributed by atoms with van der Waals surface area (Å²) in [5.41, 5.74) is 7.45. The van der Waals surface area contributed by atoms with E-state index in [0.717, 1.165) is 19.5 Å². The molecule has 3 heteroatoms. The fourth-order valence-electron chi connectivity index (χ4n) is 2.04. The van der Waals surface area contributed by atoms with Gasteiger partial charge in [-0.2, -0.15) is 0 Å². The molecule has 1 aliphatic rings. The lowest BCUT2D eigenvalue weighted by Crippen LogP contribution is -2.44. The Morgan fingerprint density at radius 3 is 2.86 bits per heavy atom. The van der Waals surface area contributed by atoms with Crippen LogP contribution in [0.25, 0.3) is 0 Å². The summed E-state index contributed by atoms with van der Waals surface area (Å²) in [6, 6.07) is 8.61. The first kappa shape index (κ1) is 10.1. The molecule has 2 rings (SSSR count). The van der Waals surface area contributed by atoms with E-state index in [1.807, 2.05) is 6.07 Å². The molecule has 2 nitrogen and oxygen atoms in total. The molecule has 3 N–H and O–H groups in total. The first-order valence-electron chi connectivity index (χ1n) is 5.00. The smallest absolute Gasteiger partial charge is 0.0235 e. The number of benzene rings is 1. The van der Waals surface area contributed by atoms with Crippen molar-refractivity contribution in [2.24, 2.45) is 5.73 Å². The molecule has 1 heterocycles. The molecule has 1 aliphatic heterocycles. The predicted molar refractivity (Wildman–Crippen MR) is 62.3 cm³/mol. The van der Waals surface area contributed by atoms with E-state index in [2.05, 4.69) is 39.4 Å². The third-order valence-electron chi connectivity index (χ3n) is 2.83. The van der Waals surface area contributed by atoms with E-state index in [1.165, 1.54) is 10.0 Å². The van der Waals surface area contributed by atoms with E-state index in [1.54, 1.807) is 0 Å². The van der Waals surface area contributed by atoms with Crippen LogP contribution in [0.4, 0.5) is 0 Å². The normalized spacial score (nSPS) is 27.6. The summed E-state index contributed by atoms with van der Waals surface area (Å²) >= 11 is 3.58. The van der Waals surface area contributed by atoms with E-state index >= 15 is 0 Å². The zero-order chi connectivity index (χ0) is 9.97. The van der Waals surface area contributed by atoms with Gasteiger partial charge in [0.05, 0.1) is 0 Å². The van der Waals surface area contributed by atoms with Gasteiger partial charge in [0.25, 0.3) is 0 Å². The molecule has 14 heavy (non-hydrogen) atoms. The van der Waals surface area contributed by atoms with Crippen LogP contribution in [0.3, 0.4) is 0 Å². The number of nitrogens with two attached hydrogens (primary N) is 1. The Labute approximate surface area is 93.0 Å². The molecule has 1 saturated heterocycles. The predicted octanol–water partition coefficient (Wildman–Crippen LogP) is 1.85. The molecule has 0 aromatic heterocycles. The monoisotopic (exact) mass is 254 g/mol. The standard InChI is InChI=1S/C11H15BrN2/c12-10-4-2-1-3-8(10)9-5-6-14-7-11(9)13/h1-4,9,11,14H,5-7,13H2. The lowest BCUT2D eigenvalue weighted by atomic mass is 9.87. The van der Waals surface area contributed by atoms with Crippen molar-refractivity contribution in [2.45, 2.75) is 18.4 Å². The van der Waals surface area contributed by atoms with E-state index in [9.17, 15) is 0 Å². The van der Waals surface area contributed by atoms with E-state index < -0.39 is 0 Å². The fraction of sp³-hybridized carbons (Fsp3) is 0.455. The van der Waals surface area contributed by atoms with Crippen molar-refractivity contribution in [3.8, 4) is 0 Å². The quantitative estimate of drug-likeness (QED) is 0.803. The third-order valence-corrected chi connectivity index (χ3v) is 3.56.